The van der Waals surface area contributed by atoms with Gasteiger partial charge < -0.3 is 30.6 Å². The van der Waals surface area contributed by atoms with E-state index in [9.17, 15) is 0 Å². The third kappa shape index (κ3) is 427. The molecular formula is GdN2O6Sr. The van der Waals surface area contributed by atoms with Gasteiger partial charge in [-0.15, -0.1) is 0 Å². The zero-order chi connectivity index (χ0) is 7.15. The Morgan fingerprint density at radius 1 is 0.800 bits per heavy atom. The Morgan fingerprint density at radius 3 is 0.800 bits per heavy atom. The van der Waals surface area contributed by atoms with Crippen LogP contribution in [0.5, 0.6) is 0 Å². The summed E-state index contributed by atoms with van der Waals surface area (Å²) in [6, 6.07) is 0. The van der Waals surface area contributed by atoms with E-state index in [1.54, 1.807) is 0 Å². The molecule has 0 aromatic carbocycles. The minimum atomic E-state index is -1.75. The van der Waals surface area contributed by atoms with E-state index >= 15 is 0 Å². The molecule has 0 saturated heterocycles. The van der Waals surface area contributed by atoms with E-state index in [2.05, 4.69) is 0 Å². The standard InChI is InChI=1S/Gd.2NO3.Sr/c;2*2-1(3)4;/q;2*-1;+2. The van der Waals surface area contributed by atoms with Gasteiger partial charge in [-0.25, -0.2) is 0 Å². The van der Waals surface area contributed by atoms with Crippen molar-refractivity contribution in [2.24, 2.45) is 0 Å². The second-order valence-corrected chi connectivity index (χ2v) is 0.447. The molecule has 0 aliphatic rings. The molecule has 0 N–H and O–H groups in total. The Morgan fingerprint density at radius 2 is 0.800 bits per heavy atom. The number of rotatable bonds is 0. The van der Waals surface area contributed by atoms with Gasteiger partial charge in [0.2, 0.25) is 0 Å². The van der Waals surface area contributed by atoms with Crippen LogP contribution in [0.4, 0.5) is 0 Å². The average Bonchev–Trinajstić information content (AvgIpc) is 1.25. The van der Waals surface area contributed by atoms with Crippen molar-refractivity contribution in [1.82, 2.24) is 0 Å². The number of hydrogen-bond acceptors (Lipinski definition) is 6. The predicted molar refractivity (Wildman–Crippen MR) is 26.5 cm³/mol. The van der Waals surface area contributed by atoms with Crippen molar-refractivity contribution in [3.63, 3.8) is 0 Å². The normalized spacial score (nSPS) is 4.80. The summed E-state index contributed by atoms with van der Waals surface area (Å²) in [4.78, 5) is 16.5. The van der Waals surface area contributed by atoms with Gasteiger partial charge in [0.25, 0.3) is 0 Å². The Kier molecular flexibility index (Phi) is 37.4. The quantitative estimate of drug-likeness (QED) is 0.310. The topological polar surface area (TPSA) is 132 Å². The molecule has 0 aromatic rings. The molecule has 0 bridgehead atoms. The molecule has 0 rings (SSSR count). The zero-order valence-corrected chi connectivity index (χ0v) is 10.1. The van der Waals surface area contributed by atoms with Gasteiger partial charge in [0.1, 0.15) is 0 Å². The summed E-state index contributed by atoms with van der Waals surface area (Å²) in [6.45, 7) is 0. The first kappa shape index (κ1) is 22.5. The van der Waals surface area contributed by atoms with Crippen molar-refractivity contribution >= 4 is 45.5 Å². The van der Waals surface area contributed by atoms with Crippen LogP contribution in [-0.4, -0.2) is 55.7 Å². The van der Waals surface area contributed by atoms with Crippen molar-refractivity contribution in [3.8, 4) is 0 Å². The Balaban J connectivity index is -0.0000000300. The van der Waals surface area contributed by atoms with Gasteiger partial charge in [-0.2, -0.15) is 0 Å². The molecule has 0 atom stereocenters. The summed E-state index contributed by atoms with van der Waals surface area (Å²) in [5, 5.41) is 29.5. The Bertz CT molecular complexity index is 73.7. The zero-order valence-electron chi connectivity index (χ0n) is 4.40. The van der Waals surface area contributed by atoms with Crippen LogP contribution < -0.4 is 0 Å². The van der Waals surface area contributed by atoms with Crippen LogP contribution in [0.1, 0.15) is 0 Å². The molecule has 0 radical (unpaired) electrons. The number of nitrogens with zero attached hydrogens (tertiary/aromatic N) is 2. The summed E-state index contributed by atoms with van der Waals surface area (Å²) in [7, 11) is 0. The molecule has 0 aliphatic carbocycles. The molecule has 8 nitrogen and oxygen atoms in total. The summed E-state index contributed by atoms with van der Waals surface area (Å²) in [5.41, 5.74) is 0. The minimum Gasteiger partial charge on any atom is -0.356 e. The summed E-state index contributed by atoms with van der Waals surface area (Å²) < 4.78 is 0. The minimum absolute atomic E-state index is 0. The van der Waals surface area contributed by atoms with Crippen LogP contribution in [0, 0.1) is 70.6 Å². The van der Waals surface area contributed by atoms with Crippen molar-refractivity contribution in [3.05, 3.63) is 30.6 Å². The van der Waals surface area contributed by atoms with Gasteiger partial charge in [-0.05, 0) is 0 Å². The SMILES string of the molecule is O=[N+]([O-])[O-].O=[N+]([O-])[O-].[Gd].[Sr+2]. The van der Waals surface area contributed by atoms with Gasteiger partial charge in [-0.1, -0.05) is 0 Å². The van der Waals surface area contributed by atoms with Gasteiger partial charge in [0.05, 0.1) is 10.2 Å². The van der Waals surface area contributed by atoms with Crippen LogP contribution >= 0.6 is 0 Å². The maximum absolute atomic E-state index is 8.25. The summed E-state index contributed by atoms with van der Waals surface area (Å²) in [6.07, 6.45) is 0. The molecule has 0 amide bonds. The van der Waals surface area contributed by atoms with E-state index in [0.717, 1.165) is 0 Å². The summed E-state index contributed by atoms with van der Waals surface area (Å²) in [5.74, 6) is 0. The fourth-order valence-electron chi connectivity index (χ4n) is 0. The largest absolute Gasteiger partial charge is 2.00 e. The molecule has 0 aromatic heterocycles. The van der Waals surface area contributed by atoms with Crippen LogP contribution in [0.25, 0.3) is 0 Å². The van der Waals surface area contributed by atoms with Crippen molar-refractivity contribution in [2.75, 3.05) is 0 Å². The first-order valence-electron chi connectivity index (χ1n) is 1.10. The van der Waals surface area contributed by atoms with E-state index in [0.29, 0.717) is 0 Å². The Hall–Kier alpha value is 1.21. The van der Waals surface area contributed by atoms with Crippen LogP contribution in [-0.2, 0) is 0 Å². The third-order valence-corrected chi connectivity index (χ3v) is 0. The molecule has 0 unspecified atom stereocenters. The molecule has 10 heavy (non-hydrogen) atoms. The van der Waals surface area contributed by atoms with Crippen LogP contribution in [0.2, 0.25) is 0 Å². The summed E-state index contributed by atoms with van der Waals surface area (Å²) >= 11 is 0. The Labute approximate surface area is 124 Å². The molecule has 56 valence electrons. The molecule has 0 spiro atoms. The fraction of sp³-hybridized carbons (Fsp3) is 0. The van der Waals surface area contributed by atoms with Gasteiger partial charge in [0.15, 0.2) is 0 Å². The van der Waals surface area contributed by atoms with Crippen molar-refractivity contribution in [2.45, 2.75) is 0 Å². The molecule has 0 saturated carbocycles. The smallest absolute Gasteiger partial charge is 0.356 e. The van der Waals surface area contributed by atoms with E-state index in [-0.39, 0.29) is 85.4 Å². The van der Waals surface area contributed by atoms with Crippen molar-refractivity contribution in [1.29, 1.82) is 0 Å². The third-order valence-electron chi connectivity index (χ3n) is 0. The van der Waals surface area contributed by atoms with E-state index < -0.39 is 10.2 Å². The molecule has 10 heteroatoms. The predicted octanol–water partition coefficient (Wildman–Crippen LogP) is -0.859. The number of hydrogen-bond donors (Lipinski definition) is 0. The van der Waals surface area contributed by atoms with Crippen molar-refractivity contribution < 1.29 is 50.1 Å². The van der Waals surface area contributed by atoms with Crippen LogP contribution in [0.3, 0.4) is 0 Å². The molecular weight excluding hydrogens is 369 g/mol. The molecule has 0 aliphatic heterocycles. The second-order valence-electron chi connectivity index (χ2n) is 0.447. The maximum atomic E-state index is 8.25. The monoisotopic (exact) mass is 370 g/mol. The van der Waals surface area contributed by atoms with Gasteiger partial charge in [-0.3, -0.25) is 0 Å². The maximum Gasteiger partial charge on any atom is 2.00 e. The average molecular weight is 369 g/mol. The van der Waals surface area contributed by atoms with E-state index in [1.165, 1.54) is 0 Å². The van der Waals surface area contributed by atoms with Crippen LogP contribution in [0.15, 0.2) is 0 Å². The first-order chi connectivity index (χ1) is 3.46. The molecule has 0 fully saturated rings. The second kappa shape index (κ2) is 16.7. The van der Waals surface area contributed by atoms with E-state index in [4.69, 9.17) is 30.6 Å². The van der Waals surface area contributed by atoms with E-state index in [1.807, 2.05) is 0 Å². The molecule has 0 heterocycles. The van der Waals surface area contributed by atoms with Gasteiger partial charge >= 0.3 is 45.5 Å². The van der Waals surface area contributed by atoms with Gasteiger partial charge in [0, 0.05) is 39.9 Å². The first-order valence-corrected chi connectivity index (χ1v) is 1.10. The fourth-order valence-corrected chi connectivity index (χ4v) is 0.